The van der Waals surface area contributed by atoms with E-state index in [1.165, 1.54) is 0 Å². The molecule has 6 nitrogen and oxygen atoms in total. The van der Waals surface area contributed by atoms with Crippen LogP contribution in [0.25, 0.3) is 0 Å². The molecule has 1 aromatic heterocycles. The van der Waals surface area contributed by atoms with Gasteiger partial charge in [-0.2, -0.15) is 5.26 Å². The topological polar surface area (TPSA) is 75.4 Å². The smallest absolute Gasteiger partial charge is 0.410 e. The normalized spacial score (nSPS) is 21.1. The first-order chi connectivity index (χ1) is 11.2. The van der Waals surface area contributed by atoms with E-state index >= 15 is 0 Å². The van der Waals surface area contributed by atoms with E-state index in [0.717, 1.165) is 18.4 Å². The minimum atomic E-state index is -0.531. The lowest BCUT2D eigenvalue weighted by Crippen LogP contribution is -2.50. The van der Waals surface area contributed by atoms with Gasteiger partial charge in [-0.25, -0.2) is 9.78 Å². The maximum atomic E-state index is 12.4. The van der Waals surface area contributed by atoms with Gasteiger partial charge in [-0.15, -0.1) is 0 Å². The number of hydrogen-bond acceptors (Lipinski definition) is 5. The molecule has 0 radical (unpaired) electrons. The van der Waals surface area contributed by atoms with Crippen LogP contribution in [-0.2, 0) is 4.74 Å². The van der Waals surface area contributed by atoms with Crippen LogP contribution in [0, 0.1) is 18.3 Å². The summed E-state index contributed by atoms with van der Waals surface area (Å²) in [5.74, 6) is 0.334. The molecule has 1 aliphatic rings. The fourth-order valence-electron chi connectivity index (χ4n) is 2.66. The molecule has 130 valence electrons. The number of likely N-dealkylation sites (tertiary alicyclic amines) is 1. The molecule has 2 heterocycles. The zero-order chi connectivity index (χ0) is 17.9. The van der Waals surface area contributed by atoms with Gasteiger partial charge in [0.15, 0.2) is 0 Å². The van der Waals surface area contributed by atoms with E-state index in [1.807, 2.05) is 34.6 Å². The van der Waals surface area contributed by atoms with Crippen LogP contribution < -0.4 is 4.74 Å². The van der Waals surface area contributed by atoms with Crippen molar-refractivity contribution >= 4 is 6.09 Å². The molecule has 2 atom stereocenters. The minimum absolute atomic E-state index is 0.0978. The summed E-state index contributed by atoms with van der Waals surface area (Å²) in [6, 6.07) is 4.01. The summed E-state index contributed by atoms with van der Waals surface area (Å²) < 4.78 is 11.4. The second-order valence-electron chi connectivity index (χ2n) is 7.22. The number of hydrogen-bond donors (Lipinski definition) is 0. The van der Waals surface area contributed by atoms with Gasteiger partial charge in [-0.1, -0.05) is 0 Å². The summed E-state index contributed by atoms with van der Waals surface area (Å²) in [6.07, 6.45) is 2.72. The molecule has 1 fully saturated rings. The predicted octanol–water partition coefficient (Wildman–Crippen LogP) is 3.43. The molecule has 24 heavy (non-hydrogen) atoms. The lowest BCUT2D eigenvalue weighted by molar-refractivity contribution is -0.00602. The molecule has 1 amide bonds. The lowest BCUT2D eigenvalue weighted by Gasteiger charge is -2.38. The van der Waals surface area contributed by atoms with E-state index < -0.39 is 5.60 Å². The third-order valence-corrected chi connectivity index (χ3v) is 3.98. The number of nitrogens with zero attached hydrogens (tertiary/aromatic N) is 3. The van der Waals surface area contributed by atoms with Gasteiger partial charge in [0.2, 0.25) is 5.88 Å². The summed E-state index contributed by atoms with van der Waals surface area (Å²) in [6.45, 7) is 9.83. The van der Waals surface area contributed by atoms with Gasteiger partial charge >= 0.3 is 6.09 Å². The molecule has 0 spiro atoms. The third-order valence-electron chi connectivity index (χ3n) is 3.98. The zero-order valence-corrected chi connectivity index (χ0v) is 15.0. The molecule has 0 aliphatic carbocycles. The number of ether oxygens (including phenoxy) is 2. The van der Waals surface area contributed by atoms with Gasteiger partial charge in [-0.05, 0) is 59.1 Å². The van der Waals surface area contributed by atoms with Gasteiger partial charge in [0.1, 0.15) is 23.3 Å². The Balaban J connectivity index is 2.10. The van der Waals surface area contributed by atoms with Crippen molar-refractivity contribution in [3.05, 3.63) is 23.4 Å². The fourth-order valence-corrected chi connectivity index (χ4v) is 2.66. The largest absolute Gasteiger partial charge is 0.472 e. The Morgan fingerprint density at radius 3 is 2.75 bits per heavy atom. The third kappa shape index (κ3) is 4.38. The second-order valence-corrected chi connectivity index (χ2v) is 7.22. The quantitative estimate of drug-likeness (QED) is 0.830. The number of pyridine rings is 1. The Bertz CT molecular complexity index is 646. The summed E-state index contributed by atoms with van der Waals surface area (Å²) in [4.78, 5) is 18.2. The van der Waals surface area contributed by atoms with E-state index in [2.05, 4.69) is 11.1 Å². The van der Waals surface area contributed by atoms with Crippen LogP contribution in [0.2, 0.25) is 0 Å². The van der Waals surface area contributed by atoms with Crippen molar-refractivity contribution in [3.63, 3.8) is 0 Å². The molecule has 1 aromatic rings. The van der Waals surface area contributed by atoms with Crippen molar-refractivity contribution in [2.24, 2.45) is 0 Å². The Labute approximate surface area is 143 Å². The van der Waals surface area contributed by atoms with Crippen molar-refractivity contribution in [1.29, 1.82) is 5.26 Å². The molecular weight excluding hydrogens is 306 g/mol. The molecule has 0 bridgehead atoms. The minimum Gasteiger partial charge on any atom is -0.472 e. The molecule has 0 saturated carbocycles. The van der Waals surface area contributed by atoms with Crippen molar-refractivity contribution in [3.8, 4) is 11.9 Å². The van der Waals surface area contributed by atoms with Crippen LogP contribution in [0.15, 0.2) is 12.3 Å². The fraction of sp³-hybridized carbons (Fsp3) is 0.611. The maximum absolute atomic E-state index is 12.4. The van der Waals surface area contributed by atoms with Gasteiger partial charge < -0.3 is 14.4 Å². The molecule has 2 unspecified atom stereocenters. The number of aromatic nitrogens is 1. The predicted molar refractivity (Wildman–Crippen MR) is 89.7 cm³/mol. The van der Waals surface area contributed by atoms with E-state index in [0.29, 0.717) is 18.0 Å². The molecular formula is C18H25N3O3. The van der Waals surface area contributed by atoms with Crippen LogP contribution in [0.5, 0.6) is 5.88 Å². The Morgan fingerprint density at radius 2 is 2.12 bits per heavy atom. The summed E-state index contributed by atoms with van der Waals surface area (Å²) in [5, 5.41) is 9.28. The van der Waals surface area contributed by atoms with Crippen molar-refractivity contribution in [1.82, 2.24) is 9.88 Å². The Morgan fingerprint density at radius 1 is 1.42 bits per heavy atom. The van der Waals surface area contributed by atoms with Crippen molar-refractivity contribution < 1.29 is 14.3 Å². The number of amides is 1. The van der Waals surface area contributed by atoms with Crippen LogP contribution in [0.3, 0.4) is 0 Å². The number of carbonyl (C=O) groups is 1. The van der Waals surface area contributed by atoms with Gasteiger partial charge in [0, 0.05) is 12.2 Å². The number of piperidine rings is 1. The van der Waals surface area contributed by atoms with Crippen molar-refractivity contribution in [2.75, 3.05) is 6.54 Å². The van der Waals surface area contributed by atoms with Crippen molar-refractivity contribution in [2.45, 2.75) is 65.2 Å². The molecule has 6 heteroatoms. The first-order valence-electron chi connectivity index (χ1n) is 8.23. The standard InChI is InChI=1S/C18H25N3O3/c1-12-8-9-20-16(15(12)10-19)23-14-7-6-13(2)21(11-14)17(22)24-18(3,4)5/h8-9,13-14H,6-7,11H2,1-5H3. The average molecular weight is 331 g/mol. The molecule has 0 N–H and O–H groups in total. The average Bonchev–Trinajstić information content (AvgIpc) is 2.47. The van der Waals surface area contributed by atoms with Gasteiger partial charge in [-0.3, -0.25) is 0 Å². The van der Waals surface area contributed by atoms with Crippen LogP contribution in [0.1, 0.15) is 51.7 Å². The SMILES string of the molecule is Cc1ccnc(OC2CCC(C)N(C(=O)OC(C)(C)C)C2)c1C#N. The number of nitriles is 1. The maximum Gasteiger partial charge on any atom is 0.410 e. The highest BCUT2D eigenvalue weighted by molar-refractivity contribution is 5.68. The van der Waals surface area contributed by atoms with Gasteiger partial charge in [0.05, 0.1) is 6.54 Å². The highest BCUT2D eigenvalue weighted by atomic mass is 16.6. The number of rotatable bonds is 2. The lowest BCUT2D eigenvalue weighted by atomic mass is 10.0. The zero-order valence-electron chi connectivity index (χ0n) is 15.0. The summed E-state index contributed by atoms with van der Waals surface area (Å²) in [7, 11) is 0. The molecule has 1 aliphatic heterocycles. The first kappa shape index (κ1) is 18.1. The van der Waals surface area contributed by atoms with E-state index in [4.69, 9.17) is 9.47 Å². The van der Waals surface area contributed by atoms with Crippen LogP contribution >= 0.6 is 0 Å². The van der Waals surface area contributed by atoms with E-state index in [9.17, 15) is 10.1 Å². The second kappa shape index (κ2) is 7.08. The van der Waals surface area contributed by atoms with Gasteiger partial charge in [0.25, 0.3) is 0 Å². The van der Waals surface area contributed by atoms with Crippen LogP contribution in [0.4, 0.5) is 4.79 Å². The van der Waals surface area contributed by atoms with E-state index in [1.54, 1.807) is 17.2 Å². The Kier molecular flexibility index (Phi) is 5.33. The summed E-state index contributed by atoms with van der Waals surface area (Å²) in [5.41, 5.74) is 0.743. The Hall–Kier alpha value is -2.29. The van der Waals surface area contributed by atoms with Crippen LogP contribution in [-0.4, -0.2) is 40.3 Å². The first-order valence-corrected chi connectivity index (χ1v) is 8.23. The highest BCUT2D eigenvalue weighted by Gasteiger charge is 2.33. The summed E-state index contributed by atoms with van der Waals surface area (Å²) >= 11 is 0. The number of aryl methyl sites for hydroxylation is 1. The molecule has 1 saturated heterocycles. The molecule has 2 rings (SSSR count). The number of carbonyl (C=O) groups excluding carboxylic acids is 1. The monoisotopic (exact) mass is 331 g/mol. The highest BCUT2D eigenvalue weighted by Crippen LogP contribution is 2.25. The molecule has 0 aromatic carbocycles. The van der Waals surface area contributed by atoms with E-state index in [-0.39, 0.29) is 18.2 Å².